The zero-order valence-corrected chi connectivity index (χ0v) is 7.08. The smallest absolute Gasteiger partial charge is 0.209 e. The van der Waals surface area contributed by atoms with Gasteiger partial charge in [0, 0.05) is 12.0 Å². The fourth-order valence-electron chi connectivity index (χ4n) is 0.472. The van der Waals surface area contributed by atoms with Crippen LogP contribution in [-0.4, -0.2) is 18.6 Å². The molecule has 1 unspecified atom stereocenters. The molecule has 0 amide bonds. The number of alkyl halides is 1. The first-order valence-corrected chi connectivity index (χ1v) is 5.30. The highest BCUT2D eigenvalue weighted by Gasteiger charge is 2.11. The van der Waals surface area contributed by atoms with Gasteiger partial charge >= 0.3 is 0 Å². The molecule has 0 rings (SSSR count). The molecule has 0 bridgehead atoms. The zero-order chi connectivity index (χ0) is 7.33. The van der Waals surface area contributed by atoms with Crippen LogP contribution in [0.3, 0.4) is 0 Å². The van der Waals surface area contributed by atoms with Gasteiger partial charge in [0.2, 0.25) is 7.44 Å². The normalized spacial score (nSPS) is 17.2. The largest absolute Gasteiger partial charge is 0.289 e. The Kier molecular flexibility index (Phi) is 4.50. The molecular weight excluding hydrogens is 158 g/mol. The van der Waals surface area contributed by atoms with Gasteiger partial charge < -0.3 is 0 Å². The van der Waals surface area contributed by atoms with Crippen LogP contribution in [0.2, 0.25) is 0 Å². The molecule has 0 saturated carbocycles. The van der Waals surface area contributed by atoms with Crippen molar-refractivity contribution in [1.82, 2.24) is 5.09 Å². The van der Waals surface area contributed by atoms with Crippen molar-refractivity contribution in [3.63, 3.8) is 0 Å². The van der Waals surface area contributed by atoms with Crippen molar-refractivity contribution in [2.75, 3.05) is 18.6 Å². The van der Waals surface area contributed by atoms with Gasteiger partial charge in [-0.3, -0.25) is 15.2 Å². The lowest BCUT2D eigenvalue weighted by molar-refractivity contribution is 0.567. The summed E-state index contributed by atoms with van der Waals surface area (Å²) < 4.78 is 11.0. The zero-order valence-electron chi connectivity index (χ0n) is 5.43. The maximum atomic E-state index is 11.0. The summed E-state index contributed by atoms with van der Waals surface area (Å²) in [6.45, 7) is 2.48. The van der Waals surface area contributed by atoms with Gasteiger partial charge in [0.05, 0.1) is 0 Å². The van der Waals surface area contributed by atoms with Gasteiger partial charge in [-0.1, -0.05) is 6.92 Å². The van der Waals surface area contributed by atoms with E-state index < -0.39 is 7.44 Å². The van der Waals surface area contributed by atoms with E-state index in [4.69, 9.17) is 17.1 Å². The van der Waals surface area contributed by atoms with Crippen LogP contribution in [0, 0.1) is 0 Å². The highest BCUT2D eigenvalue weighted by molar-refractivity contribution is 7.59. The van der Waals surface area contributed by atoms with Gasteiger partial charge in [-0.2, -0.15) is 0 Å². The predicted molar refractivity (Wildman–Crippen MR) is 41.1 cm³/mol. The molecule has 0 aromatic rings. The van der Waals surface area contributed by atoms with Crippen LogP contribution in [0.25, 0.3) is 0 Å². The number of halogens is 1. The molecular formula is C4H12ClN2OP. The van der Waals surface area contributed by atoms with Gasteiger partial charge in [0.15, 0.2) is 0 Å². The van der Waals surface area contributed by atoms with Crippen LogP contribution in [0.1, 0.15) is 6.92 Å². The van der Waals surface area contributed by atoms with Crippen molar-refractivity contribution < 1.29 is 4.57 Å². The Morgan fingerprint density at radius 1 is 1.78 bits per heavy atom. The van der Waals surface area contributed by atoms with E-state index in [0.29, 0.717) is 18.6 Å². The van der Waals surface area contributed by atoms with Crippen LogP contribution >= 0.6 is 19.0 Å². The van der Waals surface area contributed by atoms with Gasteiger partial charge in [-0.15, -0.1) is 11.6 Å². The maximum Gasteiger partial charge on any atom is 0.209 e. The monoisotopic (exact) mass is 170 g/mol. The Bertz CT molecular complexity index is 109. The summed E-state index contributed by atoms with van der Waals surface area (Å²) in [6.07, 6.45) is 0.363. The molecule has 0 aliphatic rings. The lowest BCUT2D eigenvalue weighted by Crippen LogP contribution is -2.18. The van der Waals surface area contributed by atoms with Crippen molar-refractivity contribution in [3.8, 4) is 0 Å². The van der Waals surface area contributed by atoms with Crippen molar-refractivity contribution in [2.45, 2.75) is 6.92 Å². The Balaban J connectivity index is 3.58. The minimum Gasteiger partial charge on any atom is -0.289 e. The molecule has 1 atom stereocenters. The number of rotatable bonds is 4. The molecule has 0 aliphatic carbocycles. The minimum atomic E-state index is -2.57. The van der Waals surface area contributed by atoms with Gasteiger partial charge in [0.25, 0.3) is 0 Å². The van der Waals surface area contributed by atoms with Crippen molar-refractivity contribution >= 4 is 19.0 Å². The van der Waals surface area contributed by atoms with Gasteiger partial charge in [0.1, 0.15) is 0 Å². The molecule has 0 spiro atoms. The highest BCUT2D eigenvalue weighted by atomic mass is 35.5. The lowest BCUT2D eigenvalue weighted by Gasteiger charge is -2.09. The first kappa shape index (κ1) is 9.44. The minimum absolute atomic E-state index is 0.348. The quantitative estimate of drug-likeness (QED) is 0.489. The number of nitrogens with one attached hydrogen (secondary N) is 1. The molecule has 0 aromatic carbocycles. The van der Waals surface area contributed by atoms with E-state index in [0.717, 1.165) is 0 Å². The van der Waals surface area contributed by atoms with Crippen molar-refractivity contribution in [2.24, 2.45) is 5.50 Å². The van der Waals surface area contributed by atoms with E-state index in [2.05, 4.69) is 5.09 Å². The summed E-state index contributed by atoms with van der Waals surface area (Å²) in [5.74, 6) is 0.348. The van der Waals surface area contributed by atoms with E-state index in [1.807, 2.05) is 6.92 Å². The average Bonchev–Trinajstić information content (AvgIpc) is 1.64. The van der Waals surface area contributed by atoms with E-state index >= 15 is 0 Å². The van der Waals surface area contributed by atoms with Gasteiger partial charge in [-0.05, 0) is 6.54 Å². The highest BCUT2D eigenvalue weighted by Crippen LogP contribution is 2.29. The van der Waals surface area contributed by atoms with Crippen LogP contribution in [0.15, 0.2) is 0 Å². The maximum absolute atomic E-state index is 11.0. The molecule has 0 saturated heterocycles. The van der Waals surface area contributed by atoms with E-state index in [1.165, 1.54) is 0 Å². The molecule has 56 valence electrons. The van der Waals surface area contributed by atoms with Crippen LogP contribution in [0.5, 0.6) is 0 Å². The van der Waals surface area contributed by atoms with E-state index in [-0.39, 0.29) is 0 Å². The Hall–Kier alpha value is 0.440. The summed E-state index contributed by atoms with van der Waals surface area (Å²) in [4.78, 5) is 0. The number of nitrogens with two attached hydrogens (primary N) is 1. The number of hydrogen-bond donors (Lipinski definition) is 2. The second kappa shape index (κ2) is 4.29. The molecule has 3 N–H and O–H groups in total. The average molecular weight is 171 g/mol. The SMILES string of the molecule is CCNP(N)(=O)CCCl. The van der Waals surface area contributed by atoms with Gasteiger partial charge in [-0.25, -0.2) is 0 Å². The summed E-state index contributed by atoms with van der Waals surface area (Å²) in [5.41, 5.74) is 5.30. The summed E-state index contributed by atoms with van der Waals surface area (Å²) >= 11 is 5.33. The second-order valence-electron chi connectivity index (χ2n) is 1.72. The van der Waals surface area contributed by atoms with Crippen LogP contribution in [0.4, 0.5) is 0 Å². The van der Waals surface area contributed by atoms with Crippen LogP contribution < -0.4 is 10.6 Å². The Morgan fingerprint density at radius 3 is 2.67 bits per heavy atom. The summed E-state index contributed by atoms with van der Waals surface area (Å²) in [7, 11) is -2.57. The van der Waals surface area contributed by atoms with E-state index in [9.17, 15) is 4.57 Å². The third-order valence-electron chi connectivity index (χ3n) is 0.842. The molecule has 0 fully saturated rings. The Labute approximate surface area is 60.4 Å². The molecule has 5 heteroatoms. The first-order valence-electron chi connectivity index (χ1n) is 2.81. The van der Waals surface area contributed by atoms with Crippen LogP contribution in [-0.2, 0) is 4.57 Å². The second-order valence-corrected chi connectivity index (χ2v) is 4.45. The molecule has 3 nitrogen and oxygen atoms in total. The topological polar surface area (TPSA) is 55.1 Å². The molecule has 0 heterocycles. The molecule has 0 aromatic heterocycles. The Morgan fingerprint density at radius 2 is 2.33 bits per heavy atom. The number of hydrogen-bond acceptors (Lipinski definition) is 1. The third kappa shape index (κ3) is 4.91. The van der Waals surface area contributed by atoms with Crippen molar-refractivity contribution in [3.05, 3.63) is 0 Å². The standard InChI is InChI=1S/C4H12ClN2OP/c1-2-7-9(6,8)4-3-5/h2-4H2,1H3,(H3,6,7,8). The first-order chi connectivity index (χ1) is 4.12. The molecule has 9 heavy (non-hydrogen) atoms. The molecule has 0 radical (unpaired) electrons. The fourth-order valence-corrected chi connectivity index (χ4v) is 2.17. The summed E-state index contributed by atoms with van der Waals surface area (Å²) in [5, 5.41) is 2.67. The predicted octanol–water partition coefficient (Wildman–Crippen LogP) is 0.987. The van der Waals surface area contributed by atoms with E-state index in [1.54, 1.807) is 0 Å². The third-order valence-corrected chi connectivity index (χ3v) is 3.03. The van der Waals surface area contributed by atoms with Crippen molar-refractivity contribution in [1.29, 1.82) is 0 Å². The summed E-state index contributed by atoms with van der Waals surface area (Å²) in [6, 6.07) is 0. The molecule has 0 aliphatic heterocycles. The fraction of sp³-hybridized carbons (Fsp3) is 1.00. The lowest BCUT2D eigenvalue weighted by atomic mass is 10.8.